The summed E-state index contributed by atoms with van der Waals surface area (Å²) in [6, 6.07) is 2.40. The van der Waals surface area contributed by atoms with Crippen LogP contribution < -0.4 is 5.32 Å². The Morgan fingerprint density at radius 2 is 1.90 bits per heavy atom. The van der Waals surface area contributed by atoms with Crippen molar-refractivity contribution in [2.24, 2.45) is 5.92 Å². The Kier molecular flexibility index (Phi) is 4.55. The zero-order chi connectivity index (χ0) is 15.0. The van der Waals surface area contributed by atoms with Crippen LogP contribution >= 0.6 is 0 Å². The average Bonchev–Trinajstić information content (AvgIpc) is 2.73. The third kappa shape index (κ3) is 3.11. The van der Waals surface area contributed by atoms with Crippen molar-refractivity contribution >= 4 is 5.91 Å². The molecular formula is C17H31N3O. The number of carbonyl (C=O) groups is 1. The van der Waals surface area contributed by atoms with Crippen LogP contribution in [0.15, 0.2) is 0 Å². The lowest BCUT2D eigenvalue weighted by Crippen LogP contribution is -2.47. The summed E-state index contributed by atoms with van der Waals surface area (Å²) < 4.78 is 0. The fraction of sp³-hybridized carbons (Fsp3) is 0.941. The maximum atomic E-state index is 12.9. The van der Waals surface area contributed by atoms with Crippen molar-refractivity contribution in [3.05, 3.63) is 0 Å². The van der Waals surface area contributed by atoms with E-state index in [-0.39, 0.29) is 5.92 Å². The highest BCUT2D eigenvalue weighted by Gasteiger charge is 2.40. The van der Waals surface area contributed by atoms with Gasteiger partial charge in [-0.15, -0.1) is 0 Å². The van der Waals surface area contributed by atoms with Crippen LogP contribution in [-0.4, -0.2) is 59.5 Å². The Morgan fingerprint density at radius 1 is 1.14 bits per heavy atom. The van der Waals surface area contributed by atoms with Crippen molar-refractivity contribution in [1.29, 1.82) is 0 Å². The fourth-order valence-electron chi connectivity index (χ4n) is 4.77. The van der Waals surface area contributed by atoms with E-state index in [1.165, 1.54) is 19.3 Å². The summed E-state index contributed by atoms with van der Waals surface area (Å²) in [6.07, 6.45) is 5.80. The molecule has 1 amide bonds. The summed E-state index contributed by atoms with van der Waals surface area (Å²) in [4.78, 5) is 17.8. The van der Waals surface area contributed by atoms with Gasteiger partial charge in [-0.25, -0.2) is 0 Å². The van der Waals surface area contributed by atoms with Gasteiger partial charge in [0.25, 0.3) is 0 Å². The Bertz CT molecular complexity index is 384. The zero-order valence-corrected chi connectivity index (χ0v) is 13.8. The number of carbonyl (C=O) groups excluding carboxylic acids is 1. The second-order valence-electron chi connectivity index (χ2n) is 7.58. The molecule has 0 aromatic rings. The van der Waals surface area contributed by atoms with Gasteiger partial charge in [0.05, 0.1) is 0 Å². The molecule has 0 aromatic heterocycles. The number of nitrogens with zero attached hydrogens (tertiary/aromatic N) is 2. The minimum Gasteiger partial charge on any atom is -0.341 e. The van der Waals surface area contributed by atoms with Crippen molar-refractivity contribution in [2.45, 2.75) is 77.0 Å². The van der Waals surface area contributed by atoms with E-state index in [1.54, 1.807) is 0 Å². The first-order valence-electron chi connectivity index (χ1n) is 8.86. The molecule has 3 saturated heterocycles. The molecule has 2 bridgehead atoms. The molecule has 0 aromatic carbocycles. The lowest BCUT2D eigenvalue weighted by molar-refractivity contribution is -0.137. The molecule has 0 radical (unpaired) electrons. The van der Waals surface area contributed by atoms with Gasteiger partial charge in [0.15, 0.2) is 0 Å². The van der Waals surface area contributed by atoms with Crippen molar-refractivity contribution in [2.75, 3.05) is 19.6 Å². The van der Waals surface area contributed by atoms with Crippen LogP contribution in [0, 0.1) is 5.92 Å². The maximum Gasteiger partial charge on any atom is 0.225 e. The number of nitrogens with one attached hydrogen (secondary N) is 1. The monoisotopic (exact) mass is 293 g/mol. The first-order valence-corrected chi connectivity index (χ1v) is 8.86. The van der Waals surface area contributed by atoms with Crippen LogP contribution in [0.1, 0.15) is 52.9 Å². The molecule has 120 valence electrons. The standard InChI is InChI=1S/C17H31N3O/c1-12(2)20-15-4-5-16(20)11-19(9-7-15)17(21)14-6-8-18-13(3)10-14/h12-16,18H,4-11H2,1-3H3/t13-,14-,15?,16?/m0/s1. The van der Waals surface area contributed by atoms with Crippen LogP contribution in [0.2, 0.25) is 0 Å². The molecule has 3 aliphatic heterocycles. The summed E-state index contributed by atoms with van der Waals surface area (Å²) in [5.41, 5.74) is 0. The molecule has 4 nitrogen and oxygen atoms in total. The number of piperidine rings is 1. The second-order valence-corrected chi connectivity index (χ2v) is 7.58. The van der Waals surface area contributed by atoms with Crippen molar-refractivity contribution in [1.82, 2.24) is 15.1 Å². The van der Waals surface area contributed by atoms with Gasteiger partial charge in [-0.3, -0.25) is 9.69 Å². The topological polar surface area (TPSA) is 35.6 Å². The lowest BCUT2D eigenvalue weighted by atomic mass is 9.91. The molecule has 1 N–H and O–H groups in total. The first kappa shape index (κ1) is 15.3. The average molecular weight is 293 g/mol. The Labute approximate surface area is 129 Å². The molecule has 3 heterocycles. The van der Waals surface area contributed by atoms with E-state index in [0.29, 0.717) is 30.1 Å². The SMILES string of the molecule is CC(C)N1C2CCC1CN(C(=O)[C@H]1CCN[C@@H](C)C1)CC2. The van der Waals surface area contributed by atoms with Gasteiger partial charge in [-0.1, -0.05) is 0 Å². The molecule has 0 saturated carbocycles. The number of amides is 1. The highest BCUT2D eigenvalue weighted by molar-refractivity contribution is 5.79. The number of hydrogen-bond donors (Lipinski definition) is 1. The van der Waals surface area contributed by atoms with Crippen LogP contribution in [-0.2, 0) is 4.79 Å². The molecule has 3 rings (SSSR count). The van der Waals surface area contributed by atoms with Crippen molar-refractivity contribution in [3.63, 3.8) is 0 Å². The highest BCUT2D eigenvalue weighted by atomic mass is 16.2. The van der Waals surface area contributed by atoms with E-state index in [9.17, 15) is 4.79 Å². The minimum absolute atomic E-state index is 0.255. The molecule has 0 spiro atoms. The molecular weight excluding hydrogens is 262 g/mol. The summed E-state index contributed by atoms with van der Waals surface area (Å²) in [6.45, 7) is 9.74. The Morgan fingerprint density at radius 3 is 2.62 bits per heavy atom. The third-order valence-corrected chi connectivity index (χ3v) is 5.72. The second kappa shape index (κ2) is 6.25. The van der Waals surface area contributed by atoms with Gasteiger partial charge in [0, 0.05) is 43.2 Å². The smallest absolute Gasteiger partial charge is 0.225 e. The van der Waals surface area contributed by atoms with Crippen LogP contribution in [0.25, 0.3) is 0 Å². The lowest BCUT2D eigenvalue weighted by Gasteiger charge is -2.34. The van der Waals surface area contributed by atoms with Crippen molar-refractivity contribution in [3.8, 4) is 0 Å². The van der Waals surface area contributed by atoms with Gasteiger partial charge in [-0.05, 0) is 59.4 Å². The van der Waals surface area contributed by atoms with Gasteiger partial charge in [0.1, 0.15) is 0 Å². The van der Waals surface area contributed by atoms with Crippen LogP contribution in [0.5, 0.6) is 0 Å². The number of likely N-dealkylation sites (tertiary alicyclic amines) is 1. The molecule has 2 unspecified atom stereocenters. The van der Waals surface area contributed by atoms with E-state index in [4.69, 9.17) is 0 Å². The van der Waals surface area contributed by atoms with E-state index in [1.807, 2.05) is 0 Å². The van der Waals surface area contributed by atoms with Gasteiger partial charge < -0.3 is 10.2 Å². The number of rotatable bonds is 2. The normalized spacial score (nSPS) is 37.8. The zero-order valence-electron chi connectivity index (χ0n) is 13.8. The summed E-state index contributed by atoms with van der Waals surface area (Å²) >= 11 is 0. The Balaban J connectivity index is 1.66. The van der Waals surface area contributed by atoms with Gasteiger partial charge in [0.2, 0.25) is 5.91 Å². The minimum atomic E-state index is 0.255. The quantitative estimate of drug-likeness (QED) is 0.844. The molecule has 3 aliphatic rings. The largest absolute Gasteiger partial charge is 0.341 e. The van der Waals surface area contributed by atoms with Crippen LogP contribution in [0.4, 0.5) is 0 Å². The van der Waals surface area contributed by atoms with E-state index in [2.05, 4.69) is 35.9 Å². The predicted molar refractivity (Wildman–Crippen MR) is 85.2 cm³/mol. The molecule has 3 fully saturated rings. The Hall–Kier alpha value is -0.610. The molecule has 0 aliphatic carbocycles. The molecule has 21 heavy (non-hydrogen) atoms. The van der Waals surface area contributed by atoms with Gasteiger partial charge >= 0.3 is 0 Å². The van der Waals surface area contributed by atoms with E-state index >= 15 is 0 Å². The van der Waals surface area contributed by atoms with E-state index in [0.717, 1.165) is 32.5 Å². The summed E-state index contributed by atoms with van der Waals surface area (Å²) in [5.74, 6) is 0.685. The fourth-order valence-corrected chi connectivity index (χ4v) is 4.77. The summed E-state index contributed by atoms with van der Waals surface area (Å²) in [5, 5.41) is 3.45. The molecule has 4 atom stereocenters. The van der Waals surface area contributed by atoms with Crippen molar-refractivity contribution < 1.29 is 4.79 Å². The van der Waals surface area contributed by atoms with Gasteiger partial charge in [-0.2, -0.15) is 0 Å². The number of fused-ring (bicyclic) bond motifs is 2. The maximum absolute atomic E-state index is 12.9. The third-order valence-electron chi connectivity index (χ3n) is 5.72. The summed E-state index contributed by atoms with van der Waals surface area (Å²) in [7, 11) is 0. The molecule has 4 heteroatoms. The van der Waals surface area contributed by atoms with E-state index < -0.39 is 0 Å². The highest BCUT2D eigenvalue weighted by Crippen LogP contribution is 2.33. The van der Waals surface area contributed by atoms with Crippen LogP contribution in [0.3, 0.4) is 0 Å². The first-order chi connectivity index (χ1) is 10.1. The predicted octanol–water partition coefficient (Wildman–Crippen LogP) is 1.85. The number of hydrogen-bond acceptors (Lipinski definition) is 3.